The monoisotopic (exact) mass is 396 g/mol. The average molecular weight is 397 g/mol. The first-order valence-corrected chi connectivity index (χ1v) is 7.39. The highest BCUT2D eigenvalue weighted by molar-refractivity contribution is 14.1. The van der Waals surface area contributed by atoms with Crippen LogP contribution in [0.25, 0.3) is 22.8 Å². The third-order valence-corrected chi connectivity index (χ3v) is 4.52. The van der Waals surface area contributed by atoms with E-state index in [1.807, 2.05) is 43.4 Å². The first-order chi connectivity index (χ1) is 9.66. The fourth-order valence-corrected chi connectivity index (χ4v) is 2.64. The van der Waals surface area contributed by atoms with Gasteiger partial charge in [0.05, 0.1) is 9.26 Å². The SMILES string of the molecule is Cn1nccc1-c1nc(Cl)c(I)c(-c2ccccc2)n1. The van der Waals surface area contributed by atoms with Gasteiger partial charge in [0.2, 0.25) is 0 Å². The molecule has 0 aliphatic heterocycles. The van der Waals surface area contributed by atoms with Gasteiger partial charge in [-0.25, -0.2) is 9.97 Å². The lowest BCUT2D eigenvalue weighted by atomic mass is 10.1. The zero-order valence-electron chi connectivity index (χ0n) is 10.6. The summed E-state index contributed by atoms with van der Waals surface area (Å²) in [5.41, 5.74) is 2.69. The summed E-state index contributed by atoms with van der Waals surface area (Å²) < 4.78 is 2.58. The Bertz CT molecular complexity index is 755. The molecule has 100 valence electrons. The number of benzene rings is 1. The number of nitrogens with zero attached hydrogens (tertiary/aromatic N) is 4. The van der Waals surface area contributed by atoms with Gasteiger partial charge in [-0.2, -0.15) is 5.10 Å². The van der Waals surface area contributed by atoms with E-state index in [9.17, 15) is 0 Å². The lowest BCUT2D eigenvalue weighted by Crippen LogP contribution is -2.01. The summed E-state index contributed by atoms with van der Waals surface area (Å²) in [6, 6.07) is 11.8. The van der Waals surface area contributed by atoms with Crippen LogP contribution in [0.5, 0.6) is 0 Å². The first kappa shape index (κ1) is 13.5. The molecule has 0 amide bonds. The van der Waals surface area contributed by atoms with E-state index in [1.165, 1.54) is 0 Å². The lowest BCUT2D eigenvalue weighted by molar-refractivity contribution is 0.770. The van der Waals surface area contributed by atoms with Crippen LogP contribution < -0.4 is 0 Å². The van der Waals surface area contributed by atoms with E-state index in [-0.39, 0.29) is 0 Å². The number of hydrogen-bond donors (Lipinski definition) is 0. The second kappa shape index (κ2) is 5.49. The normalized spacial score (nSPS) is 10.8. The predicted molar refractivity (Wildman–Crippen MR) is 87.4 cm³/mol. The van der Waals surface area contributed by atoms with Gasteiger partial charge in [-0.05, 0) is 28.7 Å². The standard InChI is InChI=1S/C14H10ClIN4/c1-20-10(7-8-17-20)14-18-12(11(16)13(15)19-14)9-5-3-2-4-6-9/h2-8H,1H3. The molecule has 0 bridgehead atoms. The first-order valence-electron chi connectivity index (χ1n) is 5.93. The third-order valence-electron chi connectivity index (χ3n) is 2.91. The molecule has 0 atom stereocenters. The van der Waals surface area contributed by atoms with Gasteiger partial charge in [-0.3, -0.25) is 4.68 Å². The fourth-order valence-electron chi connectivity index (χ4n) is 1.91. The summed E-state index contributed by atoms with van der Waals surface area (Å²) in [6.07, 6.45) is 1.72. The van der Waals surface area contributed by atoms with E-state index in [2.05, 4.69) is 37.7 Å². The molecule has 0 N–H and O–H groups in total. The second-order valence-corrected chi connectivity index (χ2v) is 5.64. The Balaban J connectivity index is 2.21. The molecule has 0 saturated carbocycles. The number of aromatic nitrogens is 4. The van der Waals surface area contributed by atoms with E-state index in [4.69, 9.17) is 11.6 Å². The Morgan fingerprint density at radius 2 is 1.85 bits per heavy atom. The molecule has 0 fully saturated rings. The van der Waals surface area contributed by atoms with Gasteiger partial charge in [0, 0.05) is 18.8 Å². The third kappa shape index (κ3) is 2.43. The van der Waals surface area contributed by atoms with Crippen molar-refractivity contribution in [1.82, 2.24) is 19.7 Å². The van der Waals surface area contributed by atoms with Crippen molar-refractivity contribution in [3.63, 3.8) is 0 Å². The second-order valence-electron chi connectivity index (χ2n) is 4.21. The summed E-state index contributed by atoms with van der Waals surface area (Å²) in [5.74, 6) is 0.578. The summed E-state index contributed by atoms with van der Waals surface area (Å²) in [4.78, 5) is 8.99. The van der Waals surface area contributed by atoms with Gasteiger partial charge in [-0.1, -0.05) is 41.9 Å². The number of halogens is 2. The van der Waals surface area contributed by atoms with E-state index in [0.717, 1.165) is 20.5 Å². The van der Waals surface area contributed by atoms with Crippen LogP contribution in [0.1, 0.15) is 0 Å². The summed E-state index contributed by atoms with van der Waals surface area (Å²) in [7, 11) is 1.85. The van der Waals surface area contributed by atoms with Crippen LogP contribution in [0.2, 0.25) is 5.15 Å². The van der Waals surface area contributed by atoms with Gasteiger partial charge < -0.3 is 0 Å². The molecule has 0 aliphatic carbocycles. The molecule has 4 nitrogen and oxygen atoms in total. The maximum absolute atomic E-state index is 6.25. The zero-order valence-corrected chi connectivity index (χ0v) is 13.5. The van der Waals surface area contributed by atoms with Gasteiger partial charge in [-0.15, -0.1) is 0 Å². The molecular formula is C14H10ClIN4. The number of rotatable bonds is 2. The highest BCUT2D eigenvalue weighted by Crippen LogP contribution is 2.30. The van der Waals surface area contributed by atoms with Gasteiger partial charge in [0.15, 0.2) is 5.82 Å². The van der Waals surface area contributed by atoms with E-state index < -0.39 is 0 Å². The van der Waals surface area contributed by atoms with E-state index in [1.54, 1.807) is 10.9 Å². The van der Waals surface area contributed by atoms with Gasteiger partial charge in [0.1, 0.15) is 10.8 Å². The largest absolute Gasteiger partial charge is 0.265 e. The van der Waals surface area contributed by atoms with Crippen molar-refractivity contribution in [1.29, 1.82) is 0 Å². The number of aryl methyl sites for hydroxylation is 1. The summed E-state index contributed by atoms with van der Waals surface area (Å²) in [5, 5.41) is 4.59. The zero-order chi connectivity index (χ0) is 14.1. The Morgan fingerprint density at radius 3 is 2.50 bits per heavy atom. The highest BCUT2D eigenvalue weighted by atomic mass is 127. The molecular weight excluding hydrogens is 387 g/mol. The van der Waals surface area contributed by atoms with Crippen LogP contribution in [-0.4, -0.2) is 19.7 Å². The fraction of sp³-hybridized carbons (Fsp3) is 0.0714. The molecule has 20 heavy (non-hydrogen) atoms. The van der Waals surface area contributed by atoms with Crippen LogP contribution in [-0.2, 0) is 7.05 Å². The van der Waals surface area contributed by atoms with Crippen molar-refractivity contribution in [2.45, 2.75) is 0 Å². The molecule has 2 aromatic heterocycles. The molecule has 6 heteroatoms. The Labute approximate surface area is 135 Å². The van der Waals surface area contributed by atoms with Gasteiger partial charge >= 0.3 is 0 Å². The molecule has 1 aromatic carbocycles. The quantitative estimate of drug-likeness (QED) is 0.489. The van der Waals surface area contributed by atoms with Crippen molar-refractivity contribution in [2.75, 3.05) is 0 Å². The van der Waals surface area contributed by atoms with Crippen molar-refractivity contribution in [3.05, 3.63) is 51.3 Å². The molecule has 2 heterocycles. The predicted octanol–water partition coefficient (Wildman–Crippen LogP) is 3.80. The van der Waals surface area contributed by atoms with Crippen LogP contribution >= 0.6 is 34.2 Å². The van der Waals surface area contributed by atoms with Gasteiger partial charge in [0.25, 0.3) is 0 Å². The van der Waals surface area contributed by atoms with E-state index in [0.29, 0.717) is 11.0 Å². The molecule has 3 rings (SSSR count). The molecule has 0 spiro atoms. The Hall–Kier alpha value is -1.47. The van der Waals surface area contributed by atoms with E-state index >= 15 is 0 Å². The minimum Gasteiger partial charge on any atom is -0.265 e. The highest BCUT2D eigenvalue weighted by Gasteiger charge is 2.15. The topological polar surface area (TPSA) is 43.6 Å². The maximum Gasteiger partial charge on any atom is 0.179 e. The molecule has 3 aromatic rings. The van der Waals surface area contributed by atoms with Crippen LogP contribution in [0.4, 0.5) is 0 Å². The van der Waals surface area contributed by atoms with Crippen LogP contribution in [0, 0.1) is 3.57 Å². The minimum absolute atomic E-state index is 0.454. The minimum atomic E-state index is 0.454. The molecule has 0 aliphatic rings. The van der Waals surface area contributed by atoms with Crippen molar-refractivity contribution in [2.24, 2.45) is 7.05 Å². The lowest BCUT2D eigenvalue weighted by Gasteiger charge is -2.08. The van der Waals surface area contributed by atoms with Crippen molar-refractivity contribution in [3.8, 4) is 22.8 Å². The van der Waals surface area contributed by atoms with Crippen LogP contribution in [0.15, 0.2) is 42.6 Å². The average Bonchev–Trinajstić information content (AvgIpc) is 2.89. The smallest absolute Gasteiger partial charge is 0.179 e. The molecule has 0 unspecified atom stereocenters. The molecule has 0 saturated heterocycles. The Morgan fingerprint density at radius 1 is 1.10 bits per heavy atom. The number of hydrogen-bond acceptors (Lipinski definition) is 3. The Kier molecular flexibility index (Phi) is 3.71. The summed E-state index contributed by atoms with van der Waals surface area (Å²) >= 11 is 8.42. The van der Waals surface area contributed by atoms with Crippen molar-refractivity contribution >= 4 is 34.2 Å². The van der Waals surface area contributed by atoms with Crippen LogP contribution in [0.3, 0.4) is 0 Å². The van der Waals surface area contributed by atoms with Crippen molar-refractivity contribution < 1.29 is 0 Å². The summed E-state index contributed by atoms with van der Waals surface area (Å²) in [6.45, 7) is 0. The molecule has 0 radical (unpaired) electrons. The maximum atomic E-state index is 6.25.